The van der Waals surface area contributed by atoms with Crippen molar-refractivity contribution in [3.05, 3.63) is 0 Å². The Morgan fingerprint density at radius 2 is 1.82 bits per heavy atom. The van der Waals surface area contributed by atoms with Crippen LogP contribution in [0.5, 0.6) is 0 Å². The topological polar surface area (TPSA) is 42.0 Å². The predicted octanol–water partition coefficient (Wildman–Crippen LogP) is -0.459. The number of thiol groups is 1. The highest BCUT2D eigenvalue weighted by Gasteiger charge is 2.44. The Morgan fingerprint density at radius 1 is 1.29 bits per heavy atom. The van der Waals surface area contributed by atoms with E-state index in [9.17, 15) is 4.57 Å². The normalized spacial score (nSPS) is 35.7. The Labute approximate surface area is 110 Å². The Morgan fingerprint density at radius 3 is 2.24 bits per heavy atom. The third kappa shape index (κ3) is 3.98. The van der Waals surface area contributed by atoms with E-state index in [0.717, 1.165) is 0 Å². The van der Waals surface area contributed by atoms with Crippen LogP contribution in [0.25, 0.3) is 0 Å². The average Bonchev–Trinajstić information content (AvgIpc) is 2.52. The first-order valence-electron chi connectivity index (χ1n) is 5.68. The molecule has 1 rings (SSSR count). The second kappa shape index (κ2) is 6.59. The van der Waals surface area contributed by atoms with E-state index < -0.39 is 7.23 Å². The number of likely N-dealkylation sites (N-methyl/N-ethyl adjacent to an activating group) is 2. The average molecular weight is 280 g/mol. The Kier molecular flexibility index (Phi) is 6.03. The Bertz CT molecular complexity index is 283. The van der Waals surface area contributed by atoms with E-state index >= 15 is 0 Å². The second-order valence-electron chi connectivity index (χ2n) is 4.86. The number of nitrogens with zero attached hydrogens (tertiary/aromatic N) is 2. The highest BCUT2D eigenvalue weighted by Crippen LogP contribution is 2.31. The summed E-state index contributed by atoms with van der Waals surface area (Å²) in [4.78, 5) is 4.30. The number of hydrogen-bond donors (Lipinski definition) is 1. The van der Waals surface area contributed by atoms with Crippen molar-refractivity contribution in [3.63, 3.8) is 0 Å². The molecular weight excluding hydrogens is 258 g/mol. The lowest BCUT2D eigenvalue weighted by Crippen LogP contribution is -2.51. The zero-order chi connectivity index (χ0) is 13.2. The van der Waals surface area contributed by atoms with E-state index in [1.165, 1.54) is 0 Å². The van der Waals surface area contributed by atoms with Crippen molar-refractivity contribution in [1.82, 2.24) is 9.80 Å². The van der Waals surface area contributed by atoms with Gasteiger partial charge in [0.15, 0.2) is 0 Å². The summed E-state index contributed by atoms with van der Waals surface area (Å²) in [6.45, 7) is 0.332. The van der Waals surface area contributed by atoms with Crippen molar-refractivity contribution in [1.29, 1.82) is 0 Å². The van der Waals surface area contributed by atoms with Crippen LogP contribution in [0, 0.1) is 0 Å². The van der Waals surface area contributed by atoms with Crippen LogP contribution in [0.2, 0.25) is 0 Å². The first-order valence-corrected chi connectivity index (χ1v) is 8.29. The molecule has 1 aliphatic heterocycles. The summed E-state index contributed by atoms with van der Waals surface area (Å²) in [5.74, 6) is 0. The van der Waals surface area contributed by atoms with Crippen LogP contribution in [-0.2, 0) is 13.8 Å². The molecule has 2 unspecified atom stereocenters. The minimum atomic E-state index is -2.19. The van der Waals surface area contributed by atoms with Gasteiger partial charge in [0.1, 0.15) is 7.85 Å². The number of hydrogen-bond acceptors (Lipinski definition) is 5. The van der Waals surface area contributed by atoms with Crippen molar-refractivity contribution in [3.8, 4) is 0 Å². The highest BCUT2D eigenvalue weighted by atomic mass is 32.7. The Balaban J connectivity index is 2.74. The fraction of sp³-hybridized carbons (Fsp3) is 1.00. The first-order chi connectivity index (χ1) is 7.84. The van der Waals surface area contributed by atoms with E-state index in [1.807, 2.05) is 28.2 Å². The van der Waals surface area contributed by atoms with Crippen LogP contribution < -0.4 is 0 Å². The monoisotopic (exact) mass is 280 g/mol. The van der Waals surface area contributed by atoms with E-state index in [4.69, 9.17) is 9.26 Å². The molecule has 17 heavy (non-hydrogen) atoms. The molecule has 0 aromatic heterocycles. The maximum atomic E-state index is 10.9. The SMILES string of the molecule is B[C@@H]1O[C@H](CO[P@H](=O)S)C(N(C)C)C1N(C)C. The molecule has 8 heteroatoms. The Hall–Kier alpha value is 0.485. The minimum Gasteiger partial charge on any atom is -0.378 e. The van der Waals surface area contributed by atoms with Crippen LogP contribution in [0.3, 0.4) is 0 Å². The molecule has 1 aliphatic rings. The third-order valence-corrected chi connectivity index (χ3v) is 3.97. The van der Waals surface area contributed by atoms with Crippen LogP contribution in [-0.4, -0.2) is 76.6 Å². The maximum Gasteiger partial charge on any atom is 0.243 e. The van der Waals surface area contributed by atoms with Gasteiger partial charge >= 0.3 is 0 Å². The molecule has 0 aromatic carbocycles. The van der Waals surface area contributed by atoms with Gasteiger partial charge in [0, 0.05) is 12.0 Å². The van der Waals surface area contributed by atoms with Crippen molar-refractivity contribution in [2.24, 2.45) is 0 Å². The van der Waals surface area contributed by atoms with Gasteiger partial charge in [-0.1, -0.05) is 12.2 Å². The molecule has 1 fully saturated rings. The van der Waals surface area contributed by atoms with Gasteiger partial charge in [-0.15, -0.1) is 0 Å². The molecule has 1 saturated heterocycles. The molecule has 0 N–H and O–H groups in total. The zero-order valence-corrected chi connectivity index (χ0v) is 13.0. The second-order valence-corrected chi connectivity index (χ2v) is 6.78. The smallest absolute Gasteiger partial charge is 0.243 e. The molecular formula is C9H22BN2O3PS. The largest absolute Gasteiger partial charge is 0.378 e. The van der Waals surface area contributed by atoms with Crippen LogP contribution in [0.1, 0.15) is 0 Å². The van der Waals surface area contributed by atoms with Gasteiger partial charge in [0.2, 0.25) is 7.23 Å². The molecule has 0 saturated carbocycles. The quantitative estimate of drug-likeness (QED) is 0.419. The maximum absolute atomic E-state index is 10.9. The van der Waals surface area contributed by atoms with E-state index in [0.29, 0.717) is 12.6 Å². The molecule has 1 heterocycles. The first kappa shape index (κ1) is 15.5. The molecule has 0 bridgehead atoms. The van der Waals surface area contributed by atoms with Crippen molar-refractivity contribution in [2.45, 2.75) is 24.2 Å². The van der Waals surface area contributed by atoms with Gasteiger partial charge in [0.25, 0.3) is 0 Å². The van der Waals surface area contributed by atoms with Gasteiger partial charge in [-0.05, 0) is 28.2 Å². The lowest BCUT2D eigenvalue weighted by atomic mass is 9.88. The summed E-state index contributed by atoms with van der Waals surface area (Å²) in [6.07, 6.45) is -0.0616. The van der Waals surface area contributed by atoms with Gasteiger partial charge in [-0.25, -0.2) is 0 Å². The van der Waals surface area contributed by atoms with Crippen molar-refractivity contribution in [2.75, 3.05) is 34.8 Å². The van der Waals surface area contributed by atoms with Gasteiger partial charge in [0.05, 0.1) is 18.8 Å². The van der Waals surface area contributed by atoms with Crippen LogP contribution >= 0.6 is 19.5 Å². The van der Waals surface area contributed by atoms with Crippen molar-refractivity contribution >= 4 is 27.3 Å². The molecule has 0 spiro atoms. The minimum absolute atomic E-state index is 0.0616. The fourth-order valence-corrected chi connectivity index (χ4v) is 3.12. The third-order valence-electron chi connectivity index (χ3n) is 3.16. The summed E-state index contributed by atoms with van der Waals surface area (Å²) in [5, 5.41) is 0. The summed E-state index contributed by atoms with van der Waals surface area (Å²) < 4.78 is 21.9. The van der Waals surface area contributed by atoms with Gasteiger partial charge in [-0.2, -0.15) is 0 Å². The highest BCUT2D eigenvalue weighted by molar-refractivity contribution is 8.39. The van der Waals surface area contributed by atoms with E-state index in [2.05, 4.69) is 29.9 Å². The molecule has 0 aliphatic carbocycles. The zero-order valence-electron chi connectivity index (χ0n) is 11.1. The van der Waals surface area contributed by atoms with E-state index in [-0.39, 0.29) is 18.1 Å². The predicted molar refractivity (Wildman–Crippen MR) is 76.1 cm³/mol. The lowest BCUT2D eigenvalue weighted by molar-refractivity contribution is 0.0291. The number of rotatable bonds is 5. The van der Waals surface area contributed by atoms with Crippen LogP contribution in [0.4, 0.5) is 0 Å². The standard InChI is InChI=1S/C9H22BN2O3PS/c1-11(2)7-6(5-14-16(13)17)15-9(10)8(7)12(3)4/h6-9,16H,5,10H2,1-4H3,(H,13,17)/t6-,7?,8?,9-/m1/s1. The van der Waals surface area contributed by atoms with Gasteiger partial charge < -0.3 is 19.1 Å². The molecule has 0 amide bonds. The van der Waals surface area contributed by atoms with E-state index in [1.54, 1.807) is 0 Å². The van der Waals surface area contributed by atoms with Crippen molar-refractivity contribution < 1.29 is 13.8 Å². The molecule has 5 nitrogen and oxygen atoms in total. The summed E-state index contributed by atoms with van der Waals surface area (Å²) in [7, 11) is 8.02. The van der Waals surface area contributed by atoms with Crippen LogP contribution in [0.15, 0.2) is 0 Å². The van der Waals surface area contributed by atoms with Gasteiger partial charge in [-0.3, -0.25) is 4.57 Å². The number of ether oxygens (including phenoxy) is 1. The molecule has 0 radical (unpaired) electrons. The molecule has 0 aromatic rings. The fourth-order valence-electron chi connectivity index (χ4n) is 2.59. The lowest BCUT2D eigenvalue weighted by Gasteiger charge is -2.33. The summed E-state index contributed by atoms with van der Waals surface area (Å²) >= 11 is 3.78. The summed E-state index contributed by atoms with van der Waals surface area (Å²) in [6, 6.07) is 0.670. The molecule has 5 atom stereocenters. The molecule has 100 valence electrons. The summed E-state index contributed by atoms with van der Waals surface area (Å²) in [5.41, 5.74) is 0.